The van der Waals surface area contributed by atoms with E-state index in [4.69, 9.17) is 4.98 Å². The summed E-state index contributed by atoms with van der Waals surface area (Å²) < 4.78 is 2.23. The smallest absolute Gasteiger partial charge is 0.145 e. The van der Waals surface area contributed by atoms with Crippen LogP contribution in [0.25, 0.3) is 50.4 Å². The normalized spacial score (nSPS) is 13.4. The van der Waals surface area contributed by atoms with Gasteiger partial charge in [-0.15, -0.1) is 0 Å². The van der Waals surface area contributed by atoms with Crippen LogP contribution in [0.4, 0.5) is 0 Å². The monoisotopic (exact) mass is 641 g/mol. The van der Waals surface area contributed by atoms with Crippen molar-refractivity contribution in [1.82, 2.24) is 9.55 Å². The van der Waals surface area contributed by atoms with Gasteiger partial charge in [-0.05, 0) is 87.0 Å². The van der Waals surface area contributed by atoms with Gasteiger partial charge in [0.1, 0.15) is 11.9 Å². The molecule has 0 radical (unpaired) electrons. The molecule has 49 heavy (non-hydrogen) atoms. The number of nitrogens with zero attached hydrogens (tertiary/aromatic N) is 3. The maximum Gasteiger partial charge on any atom is 0.145 e. The van der Waals surface area contributed by atoms with Gasteiger partial charge in [0.05, 0.1) is 22.0 Å². The fourth-order valence-corrected chi connectivity index (χ4v) is 9.31. The maximum atomic E-state index is 10.7. The topological polar surface area (TPSA) is 41.6 Å². The van der Waals surface area contributed by atoms with Crippen LogP contribution < -0.4 is 0 Å². The van der Waals surface area contributed by atoms with Crippen molar-refractivity contribution in [3.8, 4) is 45.4 Å². The predicted octanol–water partition coefficient (Wildman–Crippen LogP) is 11.1. The molecule has 0 saturated carbocycles. The van der Waals surface area contributed by atoms with Crippen LogP contribution in [0.15, 0.2) is 174 Å². The lowest BCUT2D eigenvalue weighted by Gasteiger charge is -2.40. The van der Waals surface area contributed by atoms with Gasteiger partial charge in [0.15, 0.2) is 0 Å². The Morgan fingerprint density at radius 3 is 1.92 bits per heavy atom. The first-order valence-electron chi connectivity index (χ1n) is 16.4. The molecule has 0 unspecified atom stereocenters. The summed E-state index contributed by atoms with van der Waals surface area (Å²) in [6, 6.07) is 60.6. The van der Waals surface area contributed by atoms with Crippen LogP contribution in [0, 0.1) is 11.3 Å². The van der Waals surface area contributed by atoms with Gasteiger partial charge in [-0.25, -0.2) is 4.98 Å². The number of rotatable bonds is 3. The minimum Gasteiger partial charge on any atom is -0.292 e. The molecule has 7 aromatic carbocycles. The number of aromatic nitrogens is 2. The molecule has 0 saturated heterocycles. The fourth-order valence-electron chi connectivity index (χ4n) is 8.07. The molecule has 1 aromatic heterocycles. The minimum absolute atomic E-state index is 0.535. The summed E-state index contributed by atoms with van der Waals surface area (Å²) in [5.74, 6) is 0.909. The number of imidazole rings is 1. The van der Waals surface area contributed by atoms with Gasteiger partial charge in [0.2, 0.25) is 0 Å². The molecule has 2 aliphatic rings. The Kier molecular flexibility index (Phi) is 6.09. The molecule has 3 nitrogen and oxygen atoms in total. The van der Waals surface area contributed by atoms with Crippen molar-refractivity contribution >= 4 is 22.8 Å². The highest BCUT2D eigenvalue weighted by atomic mass is 32.2. The van der Waals surface area contributed by atoms with E-state index in [1.54, 1.807) is 11.8 Å². The average molecular weight is 642 g/mol. The SMILES string of the molecule is N#Cc1cc(-c2ccc(-n3c(-c4ccccc4)nc4ccccc43)cc2)cc2c1Sc1ccccc1C21c2ccccc2-c2ccccc21. The number of fused-ring (bicyclic) bond motifs is 10. The standard InChI is InChI=1S/C45H27N3S/c46-28-32-26-31(29-22-24-33(25-23-29)48-41-20-10-9-19-40(41)47-44(48)30-12-2-1-3-13-30)27-39-43(32)49-42-21-11-8-18-38(42)45(39)36-16-6-4-14-34(36)35-15-5-7-17-37(35)45/h1-27H. The highest BCUT2D eigenvalue weighted by Gasteiger charge is 2.50. The van der Waals surface area contributed by atoms with E-state index in [1.807, 2.05) is 12.1 Å². The van der Waals surface area contributed by atoms with E-state index >= 15 is 0 Å². The van der Waals surface area contributed by atoms with Gasteiger partial charge in [0.25, 0.3) is 0 Å². The first kappa shape index (κ1) is 27.9. The summed E-state index contributed by atoms with van der Waals surface area (Å²) in [7, 11) is 0. The van der Waals surface area contributed by atoms with E-state index in [0.29, 0.717) is 5.56 Å². The van der Waals surface area contributed by atoms with Crippen LogP contribution in [0.3, 0.4) is 0 Å². The second-order valence-electron chi connectivity index (χ2n) is 12.6. The van der Waals surface area contributed by atoms with Crippen molar-refractivity contribution in [1.29, 1.82) is 5.26 Å². The number of benzene rings is 7. The van der Waals surface area contributed by atoms with Gasteiger partial charge in [-0.3, -0.25) is 4.57 Å². The molecule has 0 atom stereocenters. The summed E-state index contributed by atoms with van der Waals surface area (Å²) in [5.41, 5.74) is 13.8. The summed E-state index contributed by atoms with van der Waals surface area (Å²) in [5, 5.41) is 10.7. The van der Waals surface area contributed by atoms with Crippen LogP contribution >= 0.6 is 11.8 Å². The fraction of sp³-hybridized carbons (Fsp3) is 0.0222. The molecule has 2 heterocycles. The van der Waals surface area contributed by atoms with E-state index in [1.165, 1.54) is 38.3 Å². The van der Waals surface area contributed by atoms with Crippen molar-refractivity contribution in [3.05, 3.63) is 192 Å². The molecule has 1 aliphatic carbocycles. The second kappa shape index (κ2) is 10.7. The van der Waals surface area contributed by atoms with Gasteiger partial charge in [-0.2, -0.15) is 5.26 Å². The number of nitriles is 1. The van der Waals surface area contributed by atoms with Crippen molar-refractivity contribution in [2.75, 3.05) is 0 Å². The van der Waals surface area contributed by atoms with E-state index in [2.05, 4.69) is 162 Å². The lowest BCUT2D eigenvalue weighted by molar-refractivity contribution is 0.721. The Hall–Kier alpha value is -6.15. The minimum atomic E-state index is -0.535. The van der Waals surface area contributed by atoms with Crippen molar-refractivity contribution in [2.45, 2.75) is 15.2 Å². The predicted molar refractivity (Wildman–Crippen MR) is 198 cm³/mol. The van der Waals surface area contributed by atoms with E-state index in [0.717, 1.165) is 44.1 Å². The van der Waals surface area contributed by atoms with Crippen molar-refractivity contribution in [2.24, 2.45) is 0 Å². The Labute approximate surface area is 288 Å². The zero-order valence-electron chi connectivity index (χ0n) is 26.3. The molecule has 1 aliphatic heterocycles. The molecule has 1 spiro atoms. The lowest BCUT2D eigenvalue weighted by Crippen LogP contribution is -2.32. The van der Waals surface area contributed by atoms with Gasteiger partial charge >= 0.3 is 0 Å². The first-order valence-corrected chi connectivity index (χ1v) is 17.3. The van der Waals surface area contributed by atoms with Crippen LogP contribution in [0.2, 0.25) is 0 Å². The molecule has 0 fully saturated rings. The third-order valence-corrected chi connectivity index (χ3v) is 11.3. The summed E-state index contributed by atoms with van der Waals surface area (Å²) in [4.78, 5) is 7.26. The number of hydrogen-bond donors (Lipinski definition) is 0. The Morgan fingerprint density at radius 2 is 1.18 bits per heavy atom. The van der Waals surface area contributed by atoms with E-state index in [9.17, 15) is 5.26 Å². The molecule has 4 heteroatoms. The summed E-state index contributed by atoms with van der Waals surface area (Å²) in [6.07, 6.45) is 0. The van der Waals surface area contributed by atoms with Gasteiger partial charge in [-0.1, -0.05) is 133 Å². The molecule has 0 amide bonds. The molecule has 228 valence electrons. The summed E-state index contributed by atoms with van der Waals surface area (Å²) >= 11 is 1.72. The quantitative estimate of drug-likeness (QED) is 0.193. The Morgan fingerprint density at radius 1 is 0.551 bits per heavy atom. The molecule has 8 aromatic rings. The third kappa shape index (κ3) is 3.94. The lowest BCUT2D eigenvalue weighted by atomic mass is 9.66. The molecular formula is C45H27N3S. The molecule has 0 bridgehead atoms. The molecule has 10 rings (SSSR count). The van der Waals surface area contributed by atoms with Gasteiger partial charge < -0.3 is 0 Å². The van der Waals surface area contributed by atoms with Crippen LogP contribution in [0.5, 0.6) is 0 Å². The van der Waals surface area contributed by atoms with Crippen molar-refractivity contribution in [3.63, 3.8) is 0 Å². The van der Waals surface area contributed by atoms with Gasteiger partial charge in [0, 0.05) is 21.0 Å². The zero-order valence-corrected chi connectivity index (χ0v) is 27.2. The first-order chi connectivity index (χ1) is 24.3. The molecular weight excluding hydrogens is 615 g/mol. The highest BCUT2D eigenvalue weighted by molar-refractivity contribution is 7.99. The zero-order chi connectivity index (χ0) is 32.5. The van der Waals surface area contributed by atoms with Crippen molar-refractivity contribution < 1.29 is 0 Å². The van der Waals surface area contributed by atoms with E-state index in [-0.39, 0.29) is 0 Å². The molecule has 0 N–H and O–H groups in total. The Bertz CT molecular complexity index is 2600. The largest absolute Gasteiger partial charge is 0.292 e. The average Bonchev–Trinajstić information content (AvgIpc) is 3.70. The third-order valence-electron chi connectivity index (χ3n) is 10.1. The maximum absolute atomic E-state index is 10.7. The van der Waals surface area contributed by atoms with Crippen LogP contribution in [0.1, 0.15) is 27.8 Å². The number of hydrogen-bond acceptors (Lipinski definition) is 3. The number of para-hydroxylation sites is 2. The Balaban J connectivity index is 1.19. The second-order valence-corrected chi connectivity index (χ2v) is 13.7. The highest BCUT2D eigenvalue weighted by Crippen LogP contribution is 2.62. The van der Waals surface area contributed by atoms with Crippen LogP contribution in [-0.4, -0.2) is 9.55 Å². The van der Waals surface area contributed by atoms with E-state index < -0.39 is 5.41 Å². The van der Waals surface area contributed by atoms with Crippen LogP contribution in [-0.2, 0) is 5.41 Å². The summed E-state index contributed by atoms with van der Waals surface area (Å²) in [6.45, 7) is 0.